The van der Waals surface area contributed by atoms with Gasteiger partial charge in [-0.15, -0.1) is 0 Å². The maximum absolute atomic E-state index is 10.8. The molecule has 116 valence electrons. The monoisotopic (exact) mass is 304 g/mol. The van der Waals surface area contributed by atoms with Crippen LogP contribution in [0.2, 0.25) is 0 Å². The number of nitrogens with zero attached hydrogens (tertiary/aromatic N) is 1. The molecule has 1 N–H and O–H groups in total. The lowest BCUT2D eigenvalue weighted by molar-refractivity contribution is -0.0453. The summed E-state index contributed by atoms with van der Waals surface area (Å²) in [6, 6.07) is -1.57. The Morgan fingerprint density at radius 3 is 3.18 bits per heavy atom. The zero-order valence-corrected chi connectivity index (χ0v) is 12.6. The standard InChI is InChI=1S/C18H21NO3/c1-19-8-7-18-11-4-5-13(20)17(18)22-16-14(21-2)6-3-10(15(16)18)9-12(11)19/h3-6,11-13,17,20H,7-9H2,1-2H3/t11-,12+,13?,17?,18-/m0/s1/i3D,6D,11D,12D,13D. The number of hydrogen-bond donors (Lipinski definition) is 1. The molecule has 22 heavy (non-hydrogen) atoms. The van der Waals surface area contributed by atoms with E-state index >= 15 is 0 Å². The van der Waals surface area contributed by atoms with Gasteiger partial charge in [-0.3, -0.25) is 0 Å². The molecular weight excluding hydrogens is 278 g/mol. The number of ether oxygens (including phenoxy) is 2. The van der Waals surface area contributed by atoms with Gasteiger partial charge in [-0.1, -0.05) is 18.2 Å². The van der Waals surface area contributed by atoms with Gasteiger partial charge in [0.05, 0.1) is 11.2 Å². The molecule has 0 amide bonds. The minimum atomic E-state index is -2.08. The third-order valence-electron chi connectivity index (χ3n) is 5.52. The van der Waals surface area contributed by atoms with Crippen molar-refractivity contribution < 1.29 is 21.4 Å². The Morgan fingerprint density at radius 1 is 1.50 bits per heavy atom. The second-order valence-electron chi connectivity index (χ2n) is 6.40. The molecule has 2 aliphatic carbocycles. The van der Waals surface area contributed by atoms with Gasteiger partial charge in [0.1, 0.15) is 12.2 Å². The molecule has 4 heteroatoms. The van der Waals surface area contributed by atoms with Crippen molar-refractivity contribution in [1.29, 1.82) is 0 Å². The van der Waals surface area contributed by atoms with Crippen LogP contribution in [0.25, 0.3) is 0 Å². The maximum Gasteiger partial charge on any atom is 0.165 e. The quantitative estimate of drug-likeness (QED) is 0.799. The van der Waals surface area contributed by atoms with E-state index in [0.29, 0.717) is 24.1 Å². The molecule has 4 nitrogen and oxygen atoms in total. The van der Waals surface area contributed by atoms with Crippen molar-refractivity contribution in [2.24, 2.45) is 5.89 Å². The van der Waals surface area contributed by atoms with Crippen LogP contribution in [-0.2, 0) is 11.8 Å². The summed E-state index contributed by atoms with van der Waals surface area (Å²) in [4.78, 5) is 1.80. The first-order valence-corrected chi connectivity index (χ1v) is 7.56. The lowest BCUT2D eigenvalue weighted by Gasteiger charge is -2.56. The highest BCUT2D eigenvalue weighted by Gasteiger charge is 2.64. The van der Waals surface area contributed by atoms with Crippen LogP contribution in [0.4, 0.5) is 0 Å². The average molecular weight is 304 g/mol. The topological polar surface area (TPSA) is 41.9 Å². The highest BCUT2D eigenvalue weighted by Crippen LogP contribution is 2.62. The summed E-state index contributed by atoms with van der Waals surface area (Å²) in [6.45, 7) is 0.505. The molecule has 1 fully saturated rings. The van der Waals surface area contributed by atoms with E-state index in [1.54, 1.807) is 11.9 Å². The molecular formula is C18H21NO3. The van der Waals surface area contributed by atoms with E-state index in [4.69, 9.17) is 13.6 Å². The summed E-state index contributed by atoms with van der Waals surface area (Å²) in [5, 5.41) is 10.8. The van der Waals surface area contributed by atoms with Crippen molar-refractivity contribution in [3.63, 3.8) is 0 Å². The van der Waals surface area contributed by atoms with Crippen molar-refractivity contribution in [1.82, 2.24) is 4.90 Å². The van der Waals surface area contributed by atoms with Crippen LogP contribution in [0.1, 0.15) is 24.4 Å². The van der Waals surface area contributed by atoms with E-state index < -0.39 is 29.5 Å². The number of likely N-dealkylation sites (N-methyl/N-ethyl adjacent to an activating group) is 1. The zero-order chi connectivity index (χ0) is 19.6. The van der Waals surface area contributed by atoms with Gasteiger partial charge in [0.25, 0.3) is 0 Å². The summed E-state index contributed by atoms with van der Waals surface area (Å²) in [5.74, 6) is -1.13. The van der Waals surface area contributed by atoms with Crippen LogP contribution < -0.4 is 9.47 Å². The highest BCUT2D eigenvalue weighted by molar-refractivity contribution is 5.62. The average Bonchev–Trinajstić information content (AvgIpc) is 2.96. The molecule has 5 atom stereocenters. The Kier molecular flexibility index (Phi) is 1.65. The summed E-state index contributed by atoms with van der Waals surface area (Å²) < 4.78 is 55.3. The first-order valence-electron chi connectivity index (χ1n) is 10.1. The molecule has 2 bridgehead atoms. The predicted octanol–water partition coefficient (Wildman–Crippen LogP) is 1.50. The molecule has 1 saturated heterocycles. The zero-order valence-electron chi connectivity index (χ0n) is 17.6. The molecule has 0 saturated carbocycles. The van der Waals surface area contributed by atoms with Crippen LogP contribution in [0.5, 0.6) is 11.5 Å². The fraction of sp³-hybridized carbons (Fsp3) is 0.556. The molecule has 0 aromatic heterocycles. The molecule has 5 rings (SSSR count). The number of aliphatic hydroxyl groups is 1. The van der Waals surface area contributed by atoms with Crippen LogP contribution in [0, 0.1) is 5.89 Å². The van der Waals surface area contributed by atoms with Crippen LogP contribution >= 0.6 is 0 Å². The number of likely N-dealkylation sites (tertiary alicyclic amines) is 1. The number of rotatable bonds is 1. The number of benzene rings is 1. The van der Waals surface area contributed by atoms with Crippen LogP contribution in [-0.4, -0.2) is 48.9 Å². The predicted molar refractivity (Wildman–Crippen MR) is 82.5 cm³/mol. The summed E-state index contributed by atoms with van der Waals surface area (Å²) in [5.41, 5.74) is -0.0770. The molecule has 2 heterocycles. The number of hydrogen-bond acceptors (Lipinski definition) is 4. The maximum atomic E-state index is 10.8. The molecule has 4 aliphatic rings. The second kappa shape index (κ2) is 4.06. The van der Waals surface area contributed by atoms with Crippen molar-refractivity contribution in [2.45, 2.75) is 36.5 Å². The fourth-order valence-electron chi connectivity index (χ4n) is 4.53. The Balaban J connectivity index is 1.96. The molecule has 2 aliphatic heterocycles. The van der Waals surface area contributed by atoms with E-state index in [-0.39, 0.29) is 30.0 Å². The first-order chi connectivity index (χ1) is 12.5. The van der Waals surface area contributed by atoms with Gasteiger partial charge in [-0.25, -0.2) is 0 Å². The second-order valence-corrected chi connectivity index (χ2v) is 6.40. The lowest BCUT2D eigenvalue weighted by atomic mass is 9.53. The van der Waals surface area contributed by atoms with E-state index in [2.05, 4.69) is 0 Å². The van der Waals surface area contributed by atoms with Crippen molar-refractivity contribution in [3.05, 3.63) is 35.4 Å². The van der Waals surface area contributed by atoms with E-state index in [1.165, 1.54) is 19.3 Å². The van der Waals surface area contributed by atoms with E-state index in [0.717, 1.165) is 0 Å². The van der Waals surface area contributed by atoms with Crippen molar-refractivity contribution >= 4 is 0 Å². The van der Waals surface area contributed by atoms with Gasteiger partial charge in [0, 0.05) is 25.6 Å². The summed E-state index contributed by atoms with van der Waals surface area (Å²) >= 11 is 0. The van der Waals surface area contributed by atoms with Gasteiger partial charge < -0.3 is 19.5 Å². The summed E-state index contributed by atoms with van der Waals surface area (Å²) in [7, 11) is 3.18. The lowest BCUT2D eigenvalue weighted by Crippen LogP contribution is -2.64. The van der Waals surface area contributed by atoms with Crippen molar-refractivity contribution in [2.75, 3.05) is 20.7 Å². The number of piperidine rings is 1. The third kappa shape index (κ3) is 1.28. The van der Waals surface area contributed by atoms with Crippen LogP contribution in [0.15, 0.2) is 24.2 Å². The Hall–Kier alpha value is -1.52. The Morgan fingerprint density at radius 2 is 2.36 bits per heavy atom. The van der Waals surface area contributed by atoms with Gasteiger partial charge in [0.15, 0.2) is 11.5 Å². The Bertz CT molecular complexity index is 921. The molecule has 2 unspecified atom stereocenters. The number of methoxy groups -OCH3 is 1. The van der Waals surface area contributed by atoms with Gasteiger partial charge in [0.2, 0.25) is 0 Å². The summed E-state index contributed by atoms with van der Waals surface area (Å²) in [6.07, 6.45) is 0.0510. The minimum absolute atomic E-state index is 0.0359. The minimum Gasteiger partial charge on any atom is -0.493 e. The van der Waals surface area contributed by atoms with E-state index in [1.807, 2.05) is 0 Å². The Labute approximate surface area is 137 Å². The highest BCUT2D eigenvalue weighted by atomic mass is 16.5. The molecule has 1 aromatic rings. The molecule has 1 aromatic carbocycles. The van der Waals surface area contributed by atoms with Crippen LogP contribution in [0.3, 0.4) is 0 Å². The first kappa shape index (κ1) is 8.94. The molecule has 1 spiro atoms. The fourth-order valence-corrected chi connectivity index (χ4v) is 4.53. The normalized spacial score (nSPS) is 54.3. The smallest absolute Gasteiger partial charge is 0.165 e. The van der Waals surface area contributed by atoms with E-state index in [9.17, 15) is 7.85 Å². The van der Waals surface area contributed by atoms with Gasteiger partial charge in [-0.05, 0) is 38.0 Å². The van der Waals surface area contributed by atoms with Gasteiger partial charge >= 0.3 is 0 Å². The van der Waals surface area contributed by atoms with Crippen molar-refractivity contribution in [3.8, 4) is 11.5 Å². The SMILES string of the molecule is [2H]c1c([2H])c(OC)c2c3c1C[C@@]1([2H])N(C)CC[C@@]34C(O2)C([2H])(O)C=C[C@]41[2H]. The van der Waals surface area contributed by atoms with Gasteiger partial charge in [-0.2, -0.15) is 0 Å². The third-order valence-corrected chi connectivity index (χ3v) is 5.52. The largest absolute Gasteiger partial charge is 0.493 e. The molecule has 0 radical (unpaired) electrons.